The molecule has 0 aliphatic carbocycles. The standard InChI is InChI=1S/C25H31N5O8/c1-13(22(34)30-20(25(37)38)12-21(27)33)28-24(36)19(11-15-4-8-17(32)9-5-15)29-23(35)18(26)10-14-2-6-16(31)7-3-14/h2-9,13,18-20,31-32H,10-12,26H2,1H3,(H2,27,33)(H,28,36)(H,29,35)(H,30,34)(H,37,38). The molecule has 4 unspecified atom stereocenters. The predicted molar refractivity (Wildman–Crippen MR) is 135 cm³/mol. The number of phenolic OH excluding ortho intramolecular Hbond substituents is 2. The summed E-state index contributed by atoms with van der Waals surface area (Å²) in [4.78, 5) is 60.7. The molecule has 204 valence electrons. The summed E-state index contributed by atoms with van der Waals surface area (Å²) in [5.74, 6) is -4.64. The zero-order chi connectivity index (χ0) is 28.4. The third-order valence-corrected chi connectivity index (χ3v) is 5.51. The van der Waals surface area contributed by atoms with Crippen molar-refractivity contribution in [2.75, 3.05) is 0 Å². The Balaban J connectivity index is 2.12. The largest absolute Gasteiger partial charge is 0.508 e. The molecule has 2 rings (SSSR count). The Hall–Kier alpha value is -4.65. The van der Waals surface area contributed by atoms with E-state index in [0.717, 1.165) is 0 Å². The molecule has 0 saturated carbocycles. The fraction of sp³-hybridized carbons (Fsp3) is 0.320. The number of benzene rings is 2. The van der Waals surface area contributed by atoms with Crippen molar-refractivity contribution < 1.29 is 39.3 Å². The van der Waals surface area contributed by atoms with E-state index in [1.54, 1.807) is 24.3 Å². The van der Waals surface area contributed by atoms with Crippen molar-refractivity contribution in [1.82, 2.24) is 16.0 Å². The maximum Gasteiger partial charge on any atom is 0.326 e. The number of aliphatic carboxylic acids is 1. The van der Waals surface area contributed by atoms with Gasteiger partial charge in [0.25, 0.3) is 0 Å². The Morgan fingerprint density at radius 1 is 0.737 bits per heavy atom. The highest BCUT2D eigenvalue weighted by atomic mass is 16.4. The number of phenols is 2. The van der Waals surface area contributed by atoms with Gasteiger partial charge in [0.15, 0.2) is 0 Å². The molecular formula is C25H31N5O8. The molecule has 10 N–H and O–H groups in total. The summed E-state index contributed by atoms with van der Waals surface area (Å²) in [6.45, 7) is 1.30. The molecule has 0 radical (unpaired) electrons. The molecular weight excluding hydrogens is 498 g/mol. The number of hydrogen-bond donors (Lipinski definition) is 8. The van der Waals surface area contributed by atoms with Gasteiger partial charge in [-0.1, -0.05) is 24.3 Å². The molecule has 0 aliphatic rings. The van der Waals surface area contributed by atoms with Crippen LogP contribution in [0.1, 0.15) is 24.5 Å². The van der Waals surface area contributed by atoms with Crippen molar-refractivity contribution >= 4 is 29.6 Å². The Bertz CT molecular complexity index is 1150. The molecule has 0 aromatic heterocycles. The second-order valence-corrected chi connectivity index (χ2v) is 8.71. The quantitative estimate of drug-likeness (QED) is 0.153. The van der Waals surface area contributed by atoms with Crippen LogP contribution >= 0.6 is 0 Å². The number of rotatable bonds is 13. The van der Waals surface area contributed by atoms with E-state index in [0.29, 0.717) is 11.1 Å². The lowest BCUT2D eigenvalue weighted by molar-refractivity contribution is -0.143. The molecule has 0 fully saturated rings. The minimum Gasteiger partial charge on any atom is -0.508 e. The lowest BCUT2D eigenvalue weighted by Gasteiger charge is -2.23. The van der Waals surface area contributed by atoms with Gasteiger partial charge in [-0.15, -0.1) is 0 Å². The summed E-state index contributed by atoms with van der Waals surface area (Å²) in [6, 6.07) is 6.98. The molecule has 13 heteroatoms. The number of hydrogen-bond acceptors (Lipinski definition) is 8. The smallest absolute Gasteiger partial charge is 0.326 e. The van der Waals surface area contributed by atoms with E-state index in [4.69, 9.17) is 11.5 Å². The minimum absolute atomic E-state index is 0.00365. The van der Waals surface area contributed by atoms with Crippen LogP contribution in [0.15, 0.2) is 48.5 Å². The molecule has 4 atom stereocenters. The average Bonchev–Trinajstić information content (AvgIpc) is 2.85. The highest BCUT2D eigenvalue weighted by Crippen LogP contribution is 2.13. The van der Waals surface area contributed by atoms with Crippen LogP contribution in [-0.4, -0.2) is 69.1 Å². The summed E-state index contributed by atoms with van der Waals surface area (Å²) in [5, 5.41) is 35.2. The first kappa shape index (κ1) is 29.6. The second kappa shape index (κ2) is 13.6. The fourth-order valence-corrected chi connectivity index (χ4v) is 3.41. The molecule has 38 heavy (non-hydrogen) atoms. The first-order chi connectivity index (χ1) is 17.8. The van der Waals surface area contributed by atoms with Gasteiger partial charge in [-0.05, 0) is 48.7 Å². The molecule has 0 heterocycles. The number of aromatic hydroxyl groups is 2. The van der Waals surface area contributed by atoms with Crippen molar-refractivity contribution in [3.63, 3.8) is 0 Å². The number of carbonyl (C=O) groups is 5. The van der Waals surface area contributed by atoms with Gasteiger partial charge < -0.3 is 42.7 Å². The number of carboxylic acids is 1. The first-order valence-electron chi connectivity index (χ1n) is 11.6. The Morgan fingerprint density at radius 3 is 1.68 bits per heavy atom. The van der Waals surface area contributed by atoms with Crippen LogP contribution in [0.3, 0.4) is 0 Å². The number of amides is 4. The highest BCUT2D eigenvalue weighted by Gasteiger charge is 2.29. The van der Waals surface area contributed by atoms with Gasteiger partial charge in [-0.25, -0.2) is 4.79 Å². The number of primary amides is 1. The Morgan fingerprint density at radius 2 is 1.21 bits per heavy atom. The van der Waals surface area contributed by atoms with Crippen LogP contribution in [0.25, 0.3) is 0 Å². The van der Waals surface area contributed by atoms with Gasteiger partial charge in [0.1, 0.15) is 29.6 Å². The van der Waals surface area contributed by atoms with Crippen molar-refractivity contribution in [1.29, 1.82) is 0 Å². The van der Waals surface area contributed by atoms with Crippen molar-refractivity contribution in [2.24, 2.45) is 11.5 Å². The summed E-state index contributed by atoms with van der Waals surface area (Å²) >= 11 is 0. The molecule has 13 nitrogen and oxygen atoms in total. The second-order valence-electron chi connectivity index (χ2n) is 8.71. The SMILES string of the molecule is CC(NC(=O)C(Cc1ccc(O)cc1)NC(=O)C(N)Cc1ccc(O)cc1)C(=O)NC(CC(N)=O)C(=O)O. The van der Waals surface area contributed by atoms with Crippen LogP contribution in [-0.2, 0) is 36.8 Å². The summed E-state index contributed by atoms with van der Waals surface area (Å²) in [6.07, 6.45) is -0.535. The van der Waals surface area contributed by atoms with E-state index in [2.05, 4.69) is 16.0 Å². The molecule has 2 aromatic carbocycles. The van der Waals surface area contributed by atoms with E-state index in [-0.39, 0.29) is 24.3 Å². The molecule has 0 aliphatic heterocycles. The minimum atomic E-state index is -1.58. The molecule has 0 spiro atoms. The van der Waals surface area contributed by atoms with E-state index < -0.39 is 60.2 Å². The summed E-state index contributed by atoms with van der Waals surface area (Å²) < 4.78 is 0. The zero-order valence-electron chi connectivity index (χ0n) is 20.6. The lowest BCUT2D eigenvalue weighted by Crippen LogP contribution is -2.57. The molecule has 0 bridgehead atoms. The normalized spacial score (nSPS) is 13.8. The number of carboxylic acid groups (broad SMARTS) is 1. The van der Waals surface area contributed by atoms with Crippen molar-refractivity contribution in [3.05, 3.63) is 59.7 Å². The van der Waals surface area contributed by atoms with Crippen molar-refractivity contribution in [3.8, 4) is 11.5 Å². The number of nitrogens with two attached hydrogens (primary N) is 2. The first-order valence-corrected chi connectivity index (χ1v) is 11.6. The third kappa shape index (κ3) is 9.43. The monoisotopic (exact) mass is 529 g/mol. The molecule has 0 saturated heterocycles. The van der Waals surface area contributed by atoms with Crippen LogP contribution < -0.4 is 27.4 Å². The number of nitrogens with one attached hydrogen (secondary N) is 3. The van der Waals surface area contributed by atoms with Crippen LogP contribution in [0.4, 0.5) is 0 Å². The Kier molecular flexibility index (Phi) is 10.6. The molecule has 2 aromatic rings. The van der Waals surface area contributed by atoms with Gasteiger partial charge in [0.05, 0.1) is 12.5 Å². The summed E-state index contributed by atoms with van der Waals surface area (Å²) in [5.41, 5.74) is 12.3. The maximum atomic E-state index is 13.1. The summed E-state index contributed by atoms with van der Waals surface area (Å²) in [7, 11) is 0. The lowest BCUT2D eigenvalue weighted by atomic mass is 10.0. The number of carbonyl (C=O) groups excluding carboxylic acids is 4. The molecule has 4 amide bonds. The van der Waals surface area contributed by atoms with Crippen LogP contribution in [0.5, 0.6) is 11.5 Å². The highest BCUT2D eigenvalue weighted by molar-refractivity contribution is 5.94. The van der Waals surface area contributed by atoms with Gasteiger partial charge in [-0.3, -0.25) is 19.2 Å². The third-order valence-electron chi connectivity index (χ3n) is 5.51. The Labute approximate surface area is 218 Å². The van der Waals surface area contributed by atoms with E-state index >= 15 is 0 Å². The predicted octanol–water partition coefficient (Wildman–Crippen LogP) is -1.36. The van der Waals surface area contributed by atoms with Crippen LogP contribution in [0, 0.1) is 0 Å². The van der Waals surface area contributed by atoms with Gasteiger partial charge in [0.2, 0.25) is 23.6 Å². The maximum absolute atomic E-state index is 13.1. The zero-order valence-corrected chi connectivity index (χ0v) is 20.6. The van der Waals surface area contributed by atoms with E-state index in [1.165, 1.54) is 31.2 Å². The van der Waals surface area contributed by atoms with Gasteiger partial charge >= 0.3 is 5.97 Å². The average molecular weight is 530 g/mol. The van der Waals surface area contributed by atoms with Crippen LogP contribution in [0.2, 0.25) is 0 Å². The van der Waals surface area contributed by atoms with Gasteiger partial charge in [0, 0.05) is 6.42 Å². The van der Waals surface area contributed by atoms with E-state index in [1.807, 2.05) is 0 Å². The van der Waals surface area contributed by atoms with Crippen molar-refractivity contribution in [2.45, 2.75) is 50.4 Å². The van der Waals surface area contributed by atoms with Gasteiger partial charge in [-0.2, -0.15) is 0 Å². The van der Waals surface area contributed by atoms with E-state index in [9.17, 15) is 39.3 Å². The topological polar surface area (TPSA) is 234 Å². The fourth-order valence-electron chi connectivity index (χ4n) is 3.41.